The molecule has 3 aromatic rings. The zero-order valence-corrected chi connectivity index (χ0v) is 34.3. The van der Waals surface area contributed by atoms with E-state index in [2.05, 4.69) is 12.2 Å². The van der Waals surface area contributed by atoms with E-state index in [1.165, 1.54) is 93.3 Å². The van der Waals surface area contributed by atoms with Crippen LogP contribution >= 0.6 is 0 Å². The van der Waals surface area contributed by atoms with Crippen LogP contribution in [0.4, 0.5) is 16.2 Å². The van der Waals surface area contributed by atoms with E-state index in [-0.39, 0.29) is 13.2 Å². The molecule has 0 aromatic heterocycles. The van der Waals surface area contributed by atoms with Gasteiger partial charge in [-0.3, -0.25) is 19.3 Å². The van der Waals surface area contributed by atoms with Gasteiger partial charge in [0.2, 0.25) is 6.23 Å². The van der Waals surface area contributed by atoms with E-state index in [9.17, 15) is 19.2 Å². The van der Waals surface area contributed by atoms with Gasteiger partial charge in [0.05, 0.1) is 18.8 Å². The first-order valence-corrected chi connectivity index (χ1v) is 21.7. The van der Waals surface area contributed by atoms with E-state index in [0.717, 1.165) is 35.3 Å². The van der Waals surface area contributed by atoms with Gasteiger partial charge in [0, 0.05) is 18.8 Å². The van der Waals surface area contributed by atoms with Gasteiger partial charge in [0.15, 0.2) is 6.04 Å². The fraction of sp³-hybridized carbons (Fsp3) is 0.532. The number of anilines is 2. The molecule has 5 amide bonds. The van der Waals surface area contributed by atoms with Crippen LogP contribution in [0.3, 0.4) is 0 Å². The van der Waals surface area contributed by atoms with Gasteiger partial charge < -0.3 is 19.7 Å². The molecule has 5 rings (SSSR count). The number of para-hydroxylation sites is 3. The molecule has 2 aliphatic heterocycles. The molecular weight excluding hydrogens is 717 g/mol. The molecule has 0 saturated carbocycles. The number of carbonyl (C=O) groups excluding carboxylic acids is 4. The summed E-state index contributed by atoms with van der Waals surface area (Å²) in [6, 6.07) is 21.2. The topological polar surface area (TPSA) is 108 Å². The predicted molar refractivity (Wildman–Crippen MR) is 226 cm³/mol. The Bertz CT molecular complexity index is 1720. The summed E-state index contributed by atoms with van der Waals surface area (Å²) in [6.07, 6.45) is 19.9. The van der Waals surface area contributed by atoms with E-state index >= 15 is 0 Å². The Morgan fingerprint density at radius 2 is 1.30 bits per heavy atom. The van der Waals surface area contributed by atoms with Crippen LogP contribution in [0.15, 0.2) is 78.9 Å². The second kappa shape index (κ2) is 23.5. The van der Waals surface area contributed by atoms with E-state index in [1.54, 1.807) is 25.1 Å². The van der Waals surface area contributed by atoms with Crippen molar-refractivity contribution in [2.75, 3.05) is 30.0 Å². The largest absolute Gasteiger partial charge is 0.491 e. The predicted octanol–water partition coefficient (Wildman–Crippen LogP) is 10.1. The Kier molecular flexibility index (Phi) is 17.9. The summed E-state index contributed by atoms with van der Waals surface area (Å²) in [6.45, 7) is 5.01. The van der Waals surface area contributed by atoms with Gasteiger partial charge in [-0.2, -0.15) is 0 Å². The minimum Gasteiger partial charge on any atom is -0.491 e. The number of carbonyl (C=O) groups is 4. The molecule has 2 unspecified atom stereocenters. The number of ether oxygens (including phenoxy) is 2. The lowest BCUT2D eigenvalue weighted by Gasteiger charge is -2.28. The van der Waals surface area contributed by atoms with Crippen LogP contribution in [0.1, 0.15) is 128 Å². The Hall–Kier alpha value is -4.70. The molecule has 2 aliphatic rings. The molecule has 2 atom stereocenters. The monoisotopic (exact) mass is 780 g/mol. The van der Waals surface area contributed by atoms with Gasteiger partial charge >= 0.3 is 6.03 Å². The summed E-state index contributed by atoms with van der Waals surface area (Å²) in [7, 11) is 0. The quantitative estimate of drug-likeness (QED) is 0.0494. The molecule has 1 saturated heterocycles. The van der Waals surface area contributed by atoms with Crippen LogP contribution in [-0.4, -0.2) is 65.6 Å². The lowest BCUT2D eigenvalue weighted by Crippen LogP contribution is -2.57. The third kappa shape index (κ3) is 12.4. The van der Waals surface area contributed by atoms with E-state index in [4.69, 9.17) is 9.47 Å². The third-order valence-corrected chi connectivity index (χ3v) is 11.0. The van der Waals surface area contributed by atoms with Crippen LogP contribution in [0, 0.1) is 0 Å². The summed E-state index contributed by atoms with van der Waals surface area (Å²) in [5.74, 6) is -1.77. The van der Waals surface area contributed by atoms with Crippen molar-refractivity contribution in [2.24, 2.45) is 0 Å². The number of rotatable bonds is 26. The van der Waals surface area contributed by atoms with Gasteiger partial charge in [-0.05, 0) is 49.1 Å². The van der Waals surface area contributed by atoms with Crippen molar-refractivity contribution in [1.29, 1.82) is 0 Å². The Morgan fingerprint density at radius 1 is 0.719 bits per heavy atom. The highest BCUT2D eigenvalue weighted by Crippen LogP contribution is 2.32. The second-order valence-corrected chi connectivity index (χ2v) is 15.3. The average Bonchev–Trinajstić information content (AvgIpc) is 3.75. The maximum Gasteiger partial charge on any atom is 0.330 e. The third-order valence-electron chi connectivity index (χ3n) is 11.0. The number of nitrogens with one attached hydrogen (secondary N) is 1. The van der Waals surface area contributed by atoms with Crippen LogP contribution in [0.25, 0.3) is 0 Å². The maximum atomic E-state index is 14.5. The van der Waals surface area contributed by atoms with E-state index in [1.807, 2.05) is 60.7 Å². The summed E-state index contributed by atoms with van der Waals surface area (Å²) in [5.41, 5.74) is 2.75. The summed E-state index contributed by atoms with van der Waals surface area (Å²) >= 11 is 0. The van der Waals surface area contributed by atoms with Crippen molar-refractivity contribution in [1.82, 2.24) is 9.80 Å². The van der Waals surface area contributed by atoms with Gasteiger partial charge in [-0.1, -0.05) is 164 Å². The van der Waals surface area contributed by atoms with Crippen molar-refractivity contribution < 1.29 is 28.7 Å². The number of nitrogens with zero attached hydrogens (tertiary/aromatic N) is 3. The molecule has 0 bridgehead atoms. The summed E-state index contributed by atoms with van der Waals surface area (Å²) < 4.78 is 11.9. The number of fused-ring (bicyclic) bond motifs is 1. The number of urea groups is 1. The number of benzene rings is 3. The van der Waals surface area contributed by atoms with Gasteiger partial charge in [0.1, 0.15) is 5.75 Å². The molecule has 0 radical (unpaired) electrons. The maximum absolute atomic E-state index is 14.5. The Morgan fingerprint density at radius 3 is 1.95 bits per heavy atom. The fourth-order valence-electron chi connectivity index (χ4n) is 7.86. The Labute approximate surface area is 340 Å². The average molecular weight is 781 g/mol. The first-order chi connectivity index (χ1) is 27.9. The normalized spacial score (nSPS) is 15.6. The van der Waals surface area contributed by atoms with Gasteiger partial charge in [-0.15, -0.1) is 0 Å². The zero-order chi connectivity index (χ0) is 40.2. The molecule has 3 aromatic carbocycles. The van der Waals surface area contributed by atoms with Crippen LogP contribution < -0.4 is 15.0 Å². The van der Waals surface area contributed by atoms with E-state index in [0.29, 0.717) is 36.7 Å². The highest BCUT2D eigenvalue weighted by Gasteiger charge is 2.54. The molecule has 1 N–H and O–H groups in total. The van der Waals surface area contributed by atoms with E-state index < -0.39 is 36.0 Å². The molecule has 1 fully saturated rings. The highest BCUT2D eigenvalue weighted by atomic mass is 16.5. The van der Waals surface area contributed by atoms with Crippen LogP contribution in [-0.2, 0) is 32.1 Å². The fourth-order valence-corrected chi connectivity index (χ4v) is 7.86. The molecule has 308 valence electrons. The second-order valence-electron chi connectivity index (χ2n) is 15.3. The number of amides is 5. The molecule has 0 spiro atoms. The molecule has 10 heteroatoms. The van der Waals surface area contributed by atoms with Crippen molar-refractivity contribution in [3.05, 3.63) is 90.0 Å². The number of hydrogen-bond donors (Lipinski definition) is 1. The van der Waals surface area contributed by atoms with Crippen LogP contribution in [0.2, 0.25) is 0 Å². The minimum absolute atomic E-state index is 0.0672. The van der Waals surface area contributed by atoms with Crippen molar-refractivity contribution in [3.63, 3.8) is 0 Å². The molecule has 10 nitrogen and oxygen atoms in total. The number of hydrogen-bond acceptors (Lipinski definition) is 6. The summed E-state index contributed by atoms with van der Waals surface area (Å²) in [5, 5.41) is 2.86. The SMILES string of the molecule is CCCCCCCCCCCCCCCCCCOc1ccccc1NC(=O)C(C(=O)N1CCc2ccccc21)N1C(=O)C(OCC)N(Cc2ccccc2)C1=O. The highest BCUT2D eigenvalue weighted by molar-refractivity contribution is 6.21. The van der Waals surface area contributed by atoms with Crippen molar-refractivity contribution in [3.8, 4) is 5.75 Å². The number of unbranched alkanes of at least 4 members (excludes halogenated alkanes) is 15. The van der Waals surface area contributed by atoms with Gasteiger partial charge in [-0.25, -0.2) is 9.69 Å². The van der Waals surface area contributed by atoms with Crippen molar-refractivity contribution >= 4 is 35.1 Å². The molecular formula is C47H64N4O6. The van der Waals surface area contributed by atoms with Crippen molar-refractivity contribution in [2.45, 2.75) is 142 Å². The zero-order valence-electron chi connectivity index (χ0n) is 34.3. The van der Waals surface area contributed by atoms with Gasteiger partial charge in [0.25, 0.3) is 17.7 Å². The standard InChI is InChI=1S/C47H64N4O6/c1-3-5-6-7-8-9-10-11-12-13-14-15-16-17-18-26-35-57-41-32-25-23-30-39(41)48-43(52)42(44(53)49-34-33-38-29-22-24-31-40(38)49)51-45(54)46(56-4-2)50(47(51)55)36-37-27-20-19-21-28-37/h19-25,27-32,42,46H,3-18,26,33-36H2,1-2H3,(H,48,52). The minimum atomic E-state index is -1.78. The molecule has 0 aliphatic carbocycles. The smallest absolute Gasteiger partial charge is 0.330 e. The Balaban J connectivity index is 1.16. The first kappa shape index (κ1) is 43.4. The van der Waals surface area contributed by atoms with Crippen LogP contribution in [0.5, 0.6) is 5.75 Å². The lowest BCUT2D eigenvalue weighted by atomic mass is 10.0. The molecule has 57 heavy (non-hydrogen) atoms. The lowest BCUT2D eigenvalue weighted by molar-refractivity contribution is -0.147. The first-order valence-electron chi connectivity index (χ1n) is 21.7. The molecule has 2 heterocycles. The summed E-state index contributed by atoms with van der Waals surface area (Å²) in [4.78, 5) is 60.7. The number of imide groups is 1.